The van der Waals surface area contributed by atoms with Crippen LogP contribution in [0.4, 0.5) is 29.1 Å². The standard InChI is InChI=1S/C21H21ClF4N4O2/c1-11(27)13-9-14(20(31)32-2)16(23)10-17(13)28-12-5-7-30(8-6-12)18-4-3-15(22)19(29-18)21(24,25)26/h3-4,9-10,12,27-28H,5-8H2,1-2H3. The van der Waals surface area contributed by atoms with Crippen LogP contribution in [-0.2, 0) is 10.9 Å². The van der Waals surface area contributed by atoms with Crippen molar-refractivity contribution in [1.29, 1.82) is 5.41 Å². The minimum Gasteiger partial charge on any atom is -0.465 e. The Labute approximate surface area is 187 Å². The molecular formula is C21H21ClF4N4O2. The highest BCUT2D eigenvalue weighted by Crippen LogP contribution is 2.35. The molecule has 0 spiro atoms. The second kappa shape index (κ2) is 9.32. The molecule has 0 bridgehead atoms. The van der Waals surface area contributed by atoms with E-state index in [0.29, 0.717) is 37.2 Å². The minimum absolute atomic E-state index is 0.109. The highest BCUT2D eigenvalue weighted by Gasteiger charge is 2.36. The zero-order valence-electron chi connectivity index (χ0n) is 17.3. The quantitative estimate of drug-likeness (QED) is 0.357. The molecule has 3 rings (SSSR count). The molecular weight excluding hydrogens is 452 g/mol. The Kier molecular flexibility index (Phi) is 6.92. The maximum Gasteiger partial charge on any atom is 0.434 e. The molecule has 1 saturated heterocycles. The van der Waals surface area contributed by atoms with E-state index in [9.17, 15) is 22.4 Å². The van der Waals surface area contributed by atoms with E-state index < -0.39 is 28.7 Å². The molecule has 0 unspecified atom stereocenters. The third kappa shape index (κ3) is 5.12. The van der Waals surface area contributed by atoms with Crippen LogP contribution in [0.3, 0.4) is 0 Å². The maximum atomic E-state index is 14.4. The molecule has 2 heterocycles. The van der Waals surface area contributed by atoms with Gasteiger partial charge in [0, 0.05) is 36.1 Å². The average Bonchev–Trinajstić information content (AvgIpc) is 2.73. The van der Waals surface area contributed by atoms with Crippen molar-refractivity contribution in [1.82, 2.24) is 4.98 Å². The molecule has 32 heavy (non-hydrogen) atoms. The normalized spacial score (nSPS) is 14.9. The van der Waals surface area contributed by atoms with Gasteiger partial charge in [0.1, 0.15) is 11.6 Å². The summed E-state index contributed by atoms with van der Waals surface area (Å²) in [6, 6.07) is 4.95. The molecule has 0 aliphatic carbocycles. The summed E-state index contributed by atoms with van der Waals surface area (Å²) in [5.41, 5.74) is -0.512. The summed E-state index contributed by atoms with van der Waals surface area (Å²) in [7, 11) is 1.14. The predicted molar refractivity (Wildman–Crippen MR) is 113 cm³/mol. The van der Waals surface area contributed by atoms with E-state index in [1.807, 2.05) is 0 Å². The summed E-state index contributed by atoms with van der Waals surface area (Å²) in [6.45, 7) is 2.36. The number of nitrogens with zero attached hydrogens (tertiary/aromatic N) is 2. The highest BCUT2D eigenvalue weighted by molar-refractivity contribution is 6.31. The van der Waals surface area contributed by atoms with Gasteiger partial charge in [0.15, 0.2) is 5.69 Å². The summed E-state index contributed by atoms with van der Waals surface area (Å²) in [4.78, 5) is 17.2. The van der Waals surface area contributed by atoms with Crippen LogP contribution in [0.25, 0.3) is 0 Å². The molecule has 0 amide bonds. The number of ether oxygens (including phenoxy) is 1. The van der Waals surface area contributed by atoms with Crippen LogP contribution in [0.5, 0.6) is 0 Å². The lowest BCUT2D eigenvalue weighted by Crippen LogP contribution is -2.40. The monoisotopic (exact) mass is 472 g/mol. The van der Waals surface area contributed by atoms with Crippen LogP contribution in [0.2, 0.25) is 5.02 Å². The fourth-order valence-electron chi connectivity index (χ4n) is 3.55. The number of nitrogens with one attached hydrogen (secondary N) is 2. The summed E-state index contributed by atoms with van der Waals surface area (Å²) < 4.78 is 58.2. The Morgan fingerprint density at radius 1 is 1.25 bits per heavy atom. The molecule has 172 valence electrons. The first-order valence-electron chi connectivity index (χ1n) is 9.74. The third-order valence-electron chi connectivity index (χ3n) is 5.19. The number of piperidine rings is 1. The van der Waals surface area contributed by atoms with Crippen molar-refractivity contribution in [2.24, 2.45) is 0 Å². The minimum atomic E-state index is -4.64. The van der Waals surface area contributed by atoms with E-state index >= 15 is 0 Å². The number of aromatic nitrogens is 1. The third-order valence-corrected chi connectivity index (χ3v) is 5.50. The highest BCUT2D eigenvalue weighted by atomic mass is 35.5. The summed E-state index contributed by atoms with van der Waals surface area (Å²) in [5.74, 6) is -1.42. The van der Waals surface area contributed by atoms with Gasteiger partial charge < -0.3 is 20.4 Å². The first kappa shape index (κ1) is 23.8. The Hall–Kier alpha value is -2.88. The van der Waals surface area contributed by atoms with Crippen LogP contribution in [0.15, 0.2) is 24.3 Å². The van der Waals surface area contributed by atoms with Crippen molar-refractivity contribution < 1.29 is 27.1 Å². The van der Waals surface area contributed by atoms with Crippen LogP contribution >= 0.6 is 11.6 Å². The molecule has 1 aliphatic heterocycles. The second-order valence-corrected chi connectivity index (χ2v) is 7.80. The van der Waals surface area contributed by atoms with Gasteiger partial charge in [-0.05, 0) is 44.0 Å². The lowest BCUT2D eigenvalue weighted by molar-refractivity contribution is -0.141. The topological polar surface area (TPSA) is 78.3 Å². The number of hydrogen-bond donors (Lipinski definition) is 2. The SMILES string of the molecule is COC(=O)c1cc(C(C)=N)c(NC2CCN(c3ccc(Cl)c(C(F)(F)F)n3)CC2)cc1F. The molecule has 0 saturated carbocycles. The van der Waals surface area contributed by atoms with E-state index in [1.54, 1.807) is 4.90 Å². The molecule has 2 aromatic rings. The summed E-state index contributed by atoms with van der Waals surface area (Å²) >= 11 is 5.64. The molecule has 1 fully saturated rings. The Balaban J connectivity index is 1.74. The number of alkyl halides is 3. The number of rotatable bonds is 5. The summed E-state index contributed by atoms with van der Waals surface area (Å²) in [5, 5.41) is 10.7. The molecule has 0 atom stereocenters. The van der Waals surface area contributed by atoms with E-state index in [1.165, 1.54) is 25.1 Å². The van der Waals surface area contributed by atoms with Gasteiger partial charge in [0.05, 0.1) is 17.7 Å². The van der Waals surface area contributed by atoms with Gasteiger partial charge in [-0.15, -0.1) is 0 Å². The number of halogens is 5. The molecule has 11 heteroatoms. The van der Waals surface area contributed by atoms with Crippen molar-refractivity contribution in [3.63, 3.8) is 0 Å². The van der Waals surface area contributed by atoms with Crippen molar-refractivity contribution in [3.05, 3.63) is 51.9 Å². The molecule has 1 aliphatic rings. The first-order chi connectivity index (χ1) is 15.0. The van der Waals surface area contributed by atoms with Gasteiger partial charge in [-0.25, -0.2) is 14.2 Å². The molecule has 1 aromatic carbocycles. The molecule has 6 nitrogen and oxygen atoms in total. The number of anilines is 2. The smallest absolute Gasteiger partial charge is 0.434 e. The lowest BCUT2D eigenvalue weighted by Gasteiger charge is -2.34. The molecule has 2 N–H and O–H groups in total. The largest absolute Gasteiger partial charge is 0.465 e. The van der Waals surface area contributed by atoms with Gasteiger partial charge >= 0.3 is 12.1 Å². The van der Waals surface area contributed by atoms with Crippen molar-refractivity contribution in [2.75, 3.05) is 30.4 Å². The van der Waals surface area contributed by atoms with Gasteiger partial charge in [0.25, 0.3) is 0 Å². The Morgan fingerprint density at radius 2 is 1.91 bits per heavy atom. The van der Waals surface area contributed by atoms with Gasteiger partial charge in [0.2, 0.25) is 0 Å². The zero-order chi connectivity index (χ0) is 23.6. The lowest BCUT2D eigenvalue weighted by atomic mass is 10.0. The van der Waals surface area contributed by atoms with Crippen molar-refractivity contribution in [3.8, 4) is 0 Å². The number of benzene rings is 1. The van der Waals surface area contributed by atoms with E-state index in [-0.39, 0.29) is 23.1 Å². The molecule has 0 radical (unpaired) electrons. The van der Waals surface area contributed by atoms with Gasteiger partial charge in [-0.3, -0.25) is 0 Å². The second-order valence-electron chi connectivity index (χ2n) is 7.40. The number of hydrogen-bond acceptors (Lipinski definition) is 6. The van der Waals surface area contributed by atoms with Gasteiger partial charge in [-0.2, -0.15) is 13.2 Å². The van der Waals surface area contributed by atoms with E-state index in [4.69, 9.17) is 17.0 Å². The van der Waals surface area contributed by atoms with Crippen molar-refractivity contribution in [2.45, 2.75) is 32.0 Å². The van der Waals surface area contributed by atoms with Crippen LogP contribution in [-0.4, -0.2) is 42.9 Å². The number of carbonyl (C=O) groups is 1. The number of carbonyl (C=O) groups excluding carboxylic acids is 1. The Bertz CT molecular complexity index is 1040. The Morgan fingerprint density at radius 3 is 2.47 bits per heavy atom. The summed E-state index contributed by atoms with van der Waals surface area (Å²) in [6.07, 6.45) is -3.56. The van der Waals surface area contributed by atoms with E-state index in [0.717, 1.165) is 13.2 Å². The predicted octanol–water partition coefficient (Wildman–Crippen LogP) is 5.15. The number of esters is 1. The fourth-order valence-corrected chi connectivity index (χ4v) is 3.76. The zero-order valence-corrected chi connectivity index (χ0v) is 18.1. The number of methoxy groups -OCH3 is 1. The fraction of sp³-hybridized carbons (Fsp3) is 0.381. The molecule has 1 aromatic heterocycles. The maximum absolute atomic E-state index is 14.4. The number of pyridine rings is 1. The van der Waals surface area contributed by atoms with Crippen LogP contribution < -0.4 is 10.2 Å². The van der Waals surface area contributed by atoms with E-state index in [2.05, 4.69) is 15.0 Å². The van der Waals surface area contributed by atoms with Gasteiger partial charge in [-0.1, -0.05) is 11.6 Å². The first-order valence-corrected chi connectivity index (χ1v) is 10.1. The van der Waals surface area contributed by atoms with Crippen LogP contribution in [0, 0.1) is 11.2 Å². The van der Waals surface area contributed by atoms with Crippen molar-refractivity contribution >= 4 is 34.8 Å². The average molecular weight is 473 g/mol. The van der Waals surface area contributed by atoms with Crippen LogP contribution in [0.1, 0.15) is 41.4 Å².